The number of benzene rings is 1. The number of sulfone groups is 2. The van der Waals surface area contributed by atoms with Gasteiger partial charge in [0.15, 0.2) is 21.5 Å². The summed E-state index contributed by atoms with van der Waals surface area (Å²) in [5, 5.41) is 0. The Bertz CT molecular complexity index is 1580. The summed E-state index contributed by atoms with van der Waals surface area (Å²) in [7, 11) is -13.5. The maximum absolute atomic E-state index is 15.5. The minimum absolute atomic E-state index is 0.204. The normalized spacial score (nSPS) is 32.1. The molecule has 0 aromatic heterocycles. The quantitative estimate of drug-likeness (QED) is 0.173. The zero-order valence-electron chi connectivity index (χ0n) is 19.0. The van der Waals surface area contributed by atoms with Crippen LogP contribution in [0.15, 0.2) is 15.6 Å². The Kier molecular flexibility index (Phi) is 5.89. The van der Waals surface area contributed by atoms with Gasteiger partial charge in [0.1, 0.15) is 27.4 Å². The number of hydrogen-bond acceptors (Lipinski definition) is 4. The van der Waals surface area contributed by atoms with Crippen molar-refractivity contribution in [2.24, 2.45) is 11.8 Å². The second-order valence-electron chi connectivity index (χ2n) is 10.4. The Balaban J connectivity index is 1.89. The monoisotopic (exact) mass is 615 g/mol. The van der Waals surface area contributed by atoms with Gasteiger partial charge in [0.05, 0.1) is 16.7 Å². The van der Waals surface area contributed by atoms with Gasteiger partial charge < -0.3 is 0 Å². The van der Waals surface area contributed by atoms with Crippen molar-refractivity contribution in [2.45, 2.75) is 54.4 Å². The molecule has 1 aromatic rings. The van der Waals surface area contributed by atoms with E-state index in [0.29, 0.717) is 0 Å². The Morgan fingerprint density at radius 2 is 1.31 bits per heavy atom. The van der Waals surface area contributed by atoms with Crippen LogP contribution >= 0.6 is 0 Å². The third kappa shape index (κ3) is 3.63. The second-order valence-corrected chi connectivity index (χ2v) is 14.8. The number of hydrogen-bond donors (Lipinski definition) is 0. The highest BCUT2D eigenvalue weighted by molar-refractivity contribution is 8.15. The first-order valence-electron chi connectivity index (χ1n) is 11.1. The van der Waals surface area contributed by atoms with Gasteiger partial charge in [0.2, 0.25) is 0 Å². The van der Waals surface area contributed by atoms with Crippen molar-refractivity contribution in [3.05, 3.63) is 56.2 Å². The van der Waals surface area contributed by atoms with Gasteiger partial charge in [-0.2, -0.15) is 13.2 Å². The van der Waals surface area contributed by atoms with Crippen LogP contribution in [0.25, 0.3) is 5.83 Å². The number of rotatable bonds is 3. The highest BCUT2D eigenvalue weighted by Crippen LogP contribution is 2.64. The molecule has 5 aliphatic carbocycles. The fraction of sp³-hybridized carbons (Fsp3) is 0.500. The fourth-order valence-corrected chi connectivity index (χ4v) is 11.6. The van der Waals surface area contributed by atoms with Crippen LogP contribution in [0, 0.1) is 41.3 Å². The van der Waals surface area contributed by atoms with Crippen LogP contribution in [-0.2, 0) is 19.7 Å². The minimum Gasteiger partial charge on any atom is -0.254 e. The summed E-state index contributed by atoms with van der Waals surface area (Å²) in [4.78, 5) is 0. The first-order valence-corrected chi connectivity index (χ1v) is 14.1. The van der Waals surface area contributed by atoms with Crippen LogP contribution in [0.1, 0.15) is 49.7 Å². The number of fused-ring (bicyclic) bond motifs is 1. The minimum atomic E-state index is -7.36. The van der Waals surface area contributed by atoms with Gasteiger partial charge in [-0.3, -0.25) is 8.78 Å². The molecule has 0 amide bonds. The van der Waals surface area contributed by atoms with E-state index in [1.807, 2.05) is 0 Å². The first-order chi connectivity index (χ1) is 17.7. The van der Waals surface area contributed by atoms with Crippen molar-refractivity contribution in [2.75, 3.05) is 0 Å². The molecule has 216 valence electrons. The summed E-state index contributed by atoms with van der Waals surface area (Å²) >= 11 is 0. The van der Waals surface area contributed by atoms with Crippen LogP contribution in [0.2, 0.25) is 0 Å². The topological polar surface area (TPSA) is 68.3 Å². The van der Waals surface area contributed by atoms with Crippen molar-refractivity contribution < 1.29 is 65.1 Å². The molecule has 4 bridgehead atoms. The third-order valence-electron chi connectivity index (χ3n) is 7.84. The van der Waals surface area contributed by atoms with Gasteiger partial charge in [-0.05, 0) is 60.6 Å². The molecule has 2 unspecified atom stereocenters. The van der Waals surface area contributed by atoms with Crippen molar-refractivity contribution >= 4 is 25.5 Å². The maximum Gasteiger partial charge on any atom is 0.495 e. The summed E-state index contributed by atoms with van der Waals surface area (Å²) in [6.07, 6.45) is -5.37. The van der Waals surface area contributed by atoms with E-state index in [1.165, 1.54) is 0 Å². The Morgan fingerprint density at radius 3 is 1.79 bits per heavy atom. The molecule has 4 saturated carbocycles. The summed E-state index contributed by atoms with van der Waals surface area (Å²) < 4.78 is 205. The second kappa shape index (κ2) is 8.13. The molecule has 0 radical (unpaired) electrons. The van der Waals surface area contributed by atoms with Crippen LogP contribution in [0.5, 0.6) is 0 Å². The fourth-order valence-electron chi connectivity index (χ4n) is 6.76. The van der Waals surface area contributed by atoms with E-state index in [2.05, 4.69) is 0 Å². The average Bonchev–Trinajstić information content (AvgIpc) is 2.78. The summed E-state index contributed by atoms with van der Waals surface area (Å²) in [6.45, 7) is 0. The molecule has 1 aromatic carbocycles. The summed E-state index contributed by atoms with van der Waals surface area (Å²) in [6, 6.07) is 0. The van der Waals surface area contributed by atoms with E-state index in [-0.39, 0.29) is 19.3 Å². The van der Waals surface area contributed by atoms with E-state index in [0.717, 1.165) is 0 Å². The van der Waals surface area contributed by atoms with Gasteiger partial charge >= 0.3 is 5.51 Å². The van der Waals surface area contributed by atoms with Crippen molar-refractivity contribution in [1.29, 1.82) is 0 Å². The van der Waals surface area contributed by atoms with Crippen molar-refractivity contribution in [3.63, 3.8) is 0 Å². The van der Waals surface area contributed by atoms with E-state index >= 15 is 13.2 Å². The maximum atomic E-state index is 15.5. The van der Waals surface area contributed by atoms with E-state index in [9.17, 15) is 52.0 Å². The molecular formula is C22H14F11O4S2-. The van der Waals surface area contributed by atoms with E-state index in [1.54, 1.807) is 0 Å². The molecule has 2 atom stereocenters. The van der Waals surface area contributed by atoms with Gasteiger partial charge in [0, 0.05) is 6.42 Å². The van der Waals surface area contributed by atoms with Crippen molar-refractivity contribution in [3.8, 4) is 0 Å². The standard InChI is InChI=1S/C22H14F11O4S2/c23-12-9-10(15(26)18(29)17(28)14(9)25)13(24)16(27)11(12)19(39(36,37)22(31,32)33)38(34,35)21-4-7-1-8(5-21)3-20(30,2-7)6-21/h7-8H,1-6H2/q-1/b19-11-. The molecule has 0 N–H and O–H groups in total. The molecule has 0 spiro atoms. The van der Waals surface area contributed by atoms with Crippen LogP contribution in [-0.4, -0.2) is 32.8 Å². The Labute approximate surface area is 213 Å². The molecule has 5 aliphatic rings. The number of halogens is 11. The van der Waals surface area contributed by atoms with Crippen LogP contribution in [0.3, 0.4) is 0 Å². The van der Waals surface area contributed by atoms with Gasteiger partial charge in [0.25, 0.3) is 9.84 Å². The van der Waals surface area contributed by atoms with Crippen LogP contribution < -0.4 is 0 Å². The van der Waals surface area contributed by atoms with Gasteiger partial charge in [-0.1, -0.05) is 0 Å². The summed E-state index contributed by atoms with van der Waals surface area (Å²) in [5.74, 6) is -18.6. The van der Waals surface area contributed by atoms with Crippen LogP contribution in [0.4, 0.5) is 48.3 Å². The highest BCUT2D eigenvalue weighted by Gasteiger charge is 2.66. The molecule has 39 heavy (non-hydrogen) atoms. The SMILES string of the molecule is O=S(=O)(/C(=C1\C(F)=C(F)c2c(F)c(F)c(F)c(F)c2[C-]1F)S(=O)(=O)C12CC3CC(CC(F)(C3)C1)C2)C(F)(F)F. The molecule has 0 aliphatic heterocycles. The van der Waals surface area contributed by atoms with Gasteiger partial charge in [-0.15, -0.1) is 0 Å². The average molecular weight is 615 g/mol. The Hall–Kier alpha value is -2.30. The lowest BCUT2D eigenvalue weighted by Crippen LogP contribution is -2.61. The van der Waals surface area contributed by atoms with Crippen molar-refractivity contribution in [1.82, 2.24) is 0 Å². The van der Waals surface area contributed by atoms with E-state index in [4.69, 9.17) is 0 Å². The smallest absolute Gasteiger partial charge is 0.254 e. The number of allylic oxidation sites excluding steroid dienone is 2. The lowest BCUT2D eigenvalue weighted by molar-refractivity contribution is -0.0620. The summed E-state index contributed by atoms with van der Waals surface area (Å²) in [5.41, 5.74) is -16.4. The zero-order chi connectivity index (χ0) is 29.2. The van der Waals surface area contributed by atoms with Gasteiger partial charge in [-0.25, -0.2) is 43.2 Å². The molecule has 0 saturated heterocycles. The highest BCUT2D eigenvalue weighted by atomic mass is 32.3. The molecular weight excluding hydrogens is 601 g/mol. The Morgan fingerprint density at radius 1 is 0.795 bits per heavy atom. The molecule has 4 fully saturated rings. The molecule has 4 nitrogen and oxygen atoms in total. The number of alkyl halides is 4. The molecule has 6 rings (SSSR count). The molecule has 0 heterocycles. The zero-order valence-corrected chi connectivity index (χ0v) is 20.6. The van der Waals surface area contributed by atoms with E-state index < -0.39 is 129 Å². The predicted molar refractivity (Wildman–Crippen MR) is 111 cm³/mol. The third-order valence-corrected chi connectivity index (χ3v) is 12.8. The largest absolute Gasteiger partial charge is 0.495 e. The first kappa shape index (κ1) is 28.2. The lowest BCUT2D eigenvalue weighted by atomic mass is 9.54. The predicted octanol–water partition coefficient (Wildman–Crippen LogP) is 6.34. The lowest BCUT2D eigenvalue weighted by Gasteiger charge is -2.58. The molecule has 17 heteroatoms.